The Hall–Kier alpha value is -0.130. The first-order valence-corrected chi connectivity index (χ1v) is 9.05. The van der Waals surface area contributed by atoms with Crippen molar-refractivity contribution in [2.45, 2.75) is 59.2 Å². The summed E-state index contributed by atoms with van der Waals surface area (Å²) in [4.78, 5) is 2.68. The zero-order valence-corrected chi connectivity index (χ0v) is 16.2. The molecule has 3 heteroatoms. The minimum absolute atomic E-state index is 0.255. The first-order chi connectivity index (χ1) is 9.74. The fourth-order valence-corrected chi connectivity index (χ4v) is 3.31. The molecule has 0 radical (unpaired) electrons. The van der Waals surface area contributed by atoms with Gasteiger partial charge >= 0.3 is 0 Å². The molecular weight excluding hydrogens is 371 g/mol. The number of nitrogens with zero attached hydrogens (tertiary/aromatic N) is 1. The van der Waals surface area contributed by atoms with Crippen LogP contribution in [0.4, 0.5) is 0 Å². The highest BCUT2D eigenvalue weighted by molar-refractivity contribution is 14.1. The molecule has 0 aromatic heterocycles. The second kappa shape index (κ2) is 6.55. The molecule has 2 atom stereocenters. The summed E-state index contributed by atoms with van der Waals surface area (Å²) in [6, 6.07) is 9.52. The Morgan fingerprint density at radius 2 is 1.90 bits per heavy atom. The third-order valence-electron chi connectivity index (χ3n) is 4.99. The fraction of sp³-hybridized carbons (Fsp3) is 0.667. The molecule has 1 aliphatic rings. The molecule has 1 fully saturated rings. The van der Waals surface area contributed by atoms with Crippen molar-refractivity contribution >= 4 is 22.6 Å². The average molecular weight is 400 g/mol. The van der Waals surface area contributed by atoms with E-state index in [1.54, 1.807) is 0 Å². The van der Waals surface area contributed by atoms with Crippen LogP contribution < -0.4 is 5.32 Å². The number of hydrogen-bond donors (Lipinski definition) is 1. The van der Waals surface area contributed by atoms with Crippen LogP contribution in [0.25, 0.3) is 0 Å². The summed E-state index contributed by atoms with van der Waals surface area (Å²) < 4.78 is 1.31. The second-order valence-electron chi connectivity index (χ2n) is 7.66. The van der Waals surface area contributed by atoms with Crippen molar-refractivity contribution in [3.8, 4) is 0 Å². The lowest BCUT2D eigenvalue weighted by Crippen LogP contribution is -2.65. The Morgan fingerprint density at radius 1 is 1.29 bits per heavy atom. The minimum atomic E-state index is 0.255. The van der Waals surface area contributed by atoms with Crippen LogP contribution in [0.1, 0.15) is 46.6 Å². The molecular formula is C18H29IN2. The molecule has 2 unspecified atom stereocenters. The van der Waals surface area contributed by atoms with Crippen LogP contribution in [-0.4, -0.2) is 29.6 Å². The molecule has 0 bridgehead atoms. The van der Waals surface area contributed by atoms with Crippen molar-refractivity contribution in [2.24, 2.45) is 5.41 Å². The summed E-state index contributed by atoms with van der Waals surface area (Å²) in [5, 5.41) is 3.78. The van der Waals surface area contributed by atoms with Crippen LogP contribution >= 0.6 is 22.6 Å². The van der Waals surface area contributed by atoms with Crippen molar-refractivity contribution in [3.63, 3.8) is 0 Å². The molecule has 2 nitrogen and oxygen atoms in total. The van der Waals surface area contributed by atoms with Gasteiger partial charge in [-0.05, 0) is 59.0 Å². The third-order valence-corrected chi connectivity index (χ3v) is 5.71. The highest BCUT2D eigenvalue weighted by Crippen LogP contribution is 2.30. The number of hydrogen-bond acceptors (Lipinski definition) is 2. The van der Waals surface area contributed by atoms with Gasteiger partial charge in [0.1, 0.15) is 0 Å². The van der Waals surface area contributed by atoms with Crippen LogP contribution in [0, 0.1) is 8.99 Å². The molecule has 1 saturated heterocycles. The van der Waals surface area contributed by atoms with Gasteiger partial charge in [-0.25, -0.2) is 0 Å². The molecule has 0 aliphatic carbocycles. The molecule has 0 spiro atoms. The molecule has 0 saturated carbocycles. The fourth-order valence-electron chi connectivity index (χ4n) is 2.95. The Morgan fingerprint density at radius 3 is 2.43 bits per heavy atom. The molecule has 1 N–H and O–H groups in total. The highest BCUT2D eigenvalue weighted by Gasteiger charge is 2.39. The molecule has 21 heavy (non-hydrogen) atoms. The lowest BCUT2D eigenvalue weighted by Gasteiger charge is -2.51. The van der Waals surface area contributed by atoms with E-state index in [-0.39, 0.29) is 5.54 Å². The van der Waals surface area contributed by atoms with Gasteiger partial charge < -0.3 is 5.32 Å². The Balaban J connectivity index is 2.16. The largest absolute Gasteiger partial charge is 0.310 e. The molecule has 1 aromatic carbocycles. The van der Waals surface area contributed by atoms with E-state index in [9.17, 15) is 0 Å². The zero-order chi connectivity index (χ0) is 15.7. The first-order valence-electron chi connectivity index (χ1n) is 7.97. The van der Waals surface area contributed by atoms with Gasteiger partial charge in [-0.15, -0.1) is 0 Å². The number of rotatable bonds is 3. The zero-order valence-electron chi connectivity index (χ0n) is 14.0. The summed E-state index contributed by atoms with van der Waals surface area (Å²) in [5.74, 6) is 0. The number of benzene rings is 1. The first kappa shape index (κ1) is 17.2. The maximum atomic E-state index is 3.78. The van der Waals surface area contributed by atoms with Crippen LogP contribution in [-0.2, 0) is 6.54 Å². The summed E-state index contributed by atoms with van der Waals surface area (Å²) in [5.41, 5.74) is 1.98. The van der Waals surface area contributed by atoms with Crippen LogP contribution in [0.3, 0.4) is 0 Å². The van der Waals surface area contributed by atoms with Crippen molar-refractivity contribution in [1.29, 1.82) is 0 Å². The van der Waals surface area contributed by atoms with Crippen molar-refractivity contribution < 1.29 is 0 Å². The maximum Gasteiger partial charge on any atom is 0.0307 e. The standard InChI is InChI=1S/C18H29IN2/c1-6-18(5)13-20-16(17(2,3)4)12-21(18)11-14-7-9-15(19)10-8-14/h7-10,16,20H,6,11-13H2,1-5H3. The average Bonchev–Trinajstić information content (AvgIpc) is 2.42. The van der Waals surface area contributed by atoms with E-state index in [2.05, 4.69) is 91.7 Å². The van der Waals surface area contributed by atoms with E-state index >= 15 is 0 Å². The van der Waals surface area contributed by atoms with Gasteiger partial charge in [0, 0.05) is 34.8 Å². The van der Waals surface area contributed by atoms with E-state index in [0.29, 0.717) is 11.5 Å². The van der Waals surface area contributed by atoms with Gasteiger partial charge in [-0.3, -0.25) is 4.90 Å². The number of nitrogens with one attached hydrogen (secondary N) is 1. The summed E-state index contributed by atoms with van der Waals surface area (Å²) in [7, 11) is 0. The Labute approximate surface area is 143 Å². The lowest BCUT2D eigenvalue weighted by molar-refractivity contribution is 0.0157. The van der Waals surface area contributed by atoms with E-state index < -0.39 is 0 Å². The Kier molecular flexibility index (Phi) is 5.37. The third kappa shape index (κ3) is 4.20. The predicted octanol–water partition coefficient (Wildman–Crippen LogP) is 4.28. The normalized spacial score (nSPS) is 27.8. The maximum absolute atomic E-state index is 3.78. The van der Waals surface area contributed by atoms with Gasteiger partial charge in [-0.2, -0.15) is 0 Å². The van der Waals surface area contributed by atoms with Crippen LogP contribution in [0.5, 0.6) is 0 Å². The molecule has 1 aliphatic heterocycles. The second-order valence-corrected chi connectivity index (χ2v) is 8.90. The van der Waals surface area contributed by atoms with E-state index in [1.165, 1.54) is 15.6 Å². The van der Waals surface area contributed by atoms with Crippen molar-refractivity contribution in [1.82, 2.24) is 10.2 Å². The van der Waals surface area contributed by atoms with Crippen LogP contribution in [0.15, 0.2) is 24.3 Å². The topological polar surface area (TPSA) is 15.3 Å². The highest BCUT2D eigenvalue weighted by atomic mass is 127. The van der Waals surface area contributed by atoms with Gasteiger partial charge in [-0.1, -0.05) is 39.8 Å². The van der Waals surface area contributed by atoms with E-state index in [1.807, 2.05) is 0 Å². The van der Waals surface area contributed by atoms with Crippen LogP contribution in [0.2, 0.25) is 0 Å². The smallest absolute Gasteiger partial charge is 0.0307 e. The van der Waals surface area contributed by atoms with Crippen molar-refractivity contribution in [3.05, 3.63) is 33.4 Å². The monoisotopic (exact) mass is 400 g/mol. The van der Waals surface area contributed by atoms with Crippen molar-refractivity contribution in [2.75, 3.05) is 13.1 Å². The van der Waals surface area contributed by atoms with Gasteiger partial charge in [0.25, 0.3) is 0 Å². The molecule has 2 rings (SSSR count). The summed E-state index contributed by atoms with van der Waals surface area (Å²) in [6.45, 7) is 15.0. The minimum Gasteiger partial charge on any atom is -0.310 e. The quantitative estimate of drug-likeness (QED) is 0.762. The van der Waals surface area contributed by atoms with Gasteiger partial charge in [0.05, 0.1) is 0 Å². The summed E-state index contributed by atoms with van der Waals surface area (Å²) >= 11 is 2.37. The van der Waals surface area contributed by atoms with Gasteiger partial charge in [0.15, 0.2) is 0 Å². The molecule has 0 amide bonds. The van der Waals surface area contributed by atoms with Gasteiger partial charge in [0.2, 0.25) is 0 Å². The molecule has 1 heterocycles. The van der Waals surface area contributed by atoms with E-state index in [0.717, 1.165) is 19.6 Å². The Bertz CT molecular complexity index is 463. The lowest BCUT2D eigenvalue weighted by atomic mass is 9.81. The molecule has 1 aromatic rings. The predicted molar refractivity (Wildman–Crippen MR) is 99.5 cm³/mol. The number of piperazine rings is 1. The molecule has 118 valence electrons. The van der Waals surface area contributed by atoms with E-state index in [4.69, 9.17) is 0 Å². The summed E-state index contributed by atoms with van der Waals surface area (Å²) in [6.07, 6.45) is 1.18. The number of halogens is 1. The SMILES string of the molecule is CCC1(C)CNC(C(C)(C)C)CN1Cc1ccc(I)cc1.